The van der Waals surface area contributed by atoms with Crippen LogP contribution in [0.25, 0.3) is 0 Å². The molecule has 0 atom stereocenters. The number of halogens is 1. The van der Waals surface area contributed by atoms with Crippen molar-refractivity contribution in [1.82, 2.24) is 0 Å². The van der Waals surface area contributed by atoms with E-state index in [0.717, 1.165) is 6.42 Å². The lowest BCUT2D eigenvalue weighted by atomic mass is 10.2. The maximum atomic E-state index is 13.4. The van der Waals surface area contributed by atoms with Crippen LogP contribution in [0.3, 0.4) is 0 Å². The Morgan fingerprint density at radius 2 is 1.93 bits per heavy atom. The van der Waals surface area contributed by atoms with Crippen LogP contribution in [0.2, 0.25) is 0 Å². The average Bonchev–Trinajstić information content (AvgIpc) is 2.44. The molecule has 0 fully saturated rings. The van der Waals surface area contributed by atoms with Gasteiger partial charge in [-0.05, 0) is 6.07 Å². The second-order valence-electron chi connectivity index (χ2n) is 3.25. The van der Waals surface area contributed by atoms with Crippen molar-refractivity contribution in [3.05, 3.63) is 23.5 Å². The minimum atomic E-state index is -0.398. The van der Waals surface area contributed by atoms with Gasteiger partial charge in [-0.1, -0.05) is 0 Å². The van der Waals surface area contributed by atoms with E-state index in [2.05, 4.69) is 4.84 Å². The van der Waals surface area contributed by atoms with Gasteiger partial charge >= 0.3 is 0 Å². The standard InChI is InChI=1S/C10H12FNO3/c11-8-5-10-9(4-7(8)6-15-12)13-2-1-3-14-10/h4-5H,1-3,6,12H2. The zero-order chi connectivity index (χ0) is 10.7. The summed E-state index contributed by atoms with van der Waals surface area (Å²) in [5.41, 5.74) is 0.363. The van der Waals surface area contributed by atoms with E-state index in [-0.39, 0.29) is 6.61 Å². The van der Waals surface area contributed by atoms with Crippen molar-refractivity contribution in [3.8, 4) is 11.5 Å². The Hall–Kier alpha value is -1.33. The fraction of sp³-hybridized carbons (Fsp3) is 0.400. The summed E-state index contributed by atoms with van der Waals surface area (Å²) in [7, 11) is 0. The molecule has 0 amide bonds. The third-order valence-electron chi connectivity index (χ3n) is 2.16. The Labute approximate surface area is 86.7 Å². The van der Waals surface area contributed by atoms with E-state index in [9.17, 15) is 4.39 Å². The number of nitrogens with two attached hydrogens (primary N) is 1. The lowest BCUT2D eigenvalue weighted by Crippen LogP contribution is -2.02. The van der Waals surface area contributed by atoms with E-state index in [1.165, 1.54) is 6.07 Å². The Morgan fingerprint density at radius 3 is 2.60 bits per heavy atom. The summed E-state index contributed by atoms with van der Waals surface area (Å²) in [4.78, 5) is 4.39. The third-order valence-corrected chi connectivity index (χ3v) is 2.16. The molecule has 1 aliphatic heterocycles. The molecule has 0 aliphatic carbocycles. The molecule has 0 unspecified atom stereocenters. The maximum absolute atomic E-state index is 13.4. The van der Waals surface area contributed by atoms with Gasteiger partial charge in [-0.2, -0.15) is 0 Å². The second kappa shape index (κ2) is 4.46. The molecular weight excluding hydrogens is 201 g/mol. The summed E-state index contributed by atoms with van der Waals surface area (Å²) in [5, 5.41) is 0. The molecule has 0 radical (unpaired) electrons. The summed E-state index contributed by atoms with van der Waals surface area (Å²) in [6.07, 6.45) is 0.791. The fourth-order valence-electron chi connectivity index (χ4n) is 1.43. The number of rotatable bonds is 2. The van der Waals surface area contributed by atoms with Gasteiger partial charge in [-0.25, -0.2) is 10.3 Å². The van der Waals surface area contributed by atoms with E-state index >= 15 is 0 Å². The smallest absolute Gasteiger partial charge is 0.164 e. The van der Waals surface area contributed by atoms with Crippen LogP contribution in [0, 0.1) is 5.82 Å². The van der Waals surface area contributed by atoms with Crippen LogP contribution < -0.4 is 15.4 Å². The molecule has 82 valence electrons. The molecule has 2 rings (SSSR count). The molecule has 1 aromatic rings. The molecule has 0 bridgehead atoms. The highest BCUT2D eigenvalue weighted by Crippen LogP contribution is 2.32. The van der Waals surface area contributed by atoms with E-state index in [4.69, 9.17) is 15.4 Å². The topological polar surface area (TPSA) is 53.7 Å². The van der Waals surface area contributed by atoms with E-state index < -0.39 is 5.82 Å². The van der Waals surface area contributed by atoms with E-state index in [1.54, 1.807) is 6.07 Å². The maximum Gasteiger partial charge on any atom is 0.164 e. The van der Waals surface area contributed by atoms with Crippen molar-refractivity contribution in [1.29, 1.82) is 0 Å². The minimum absolute atomic E-state index is 0.0163. The Balaban J connectivity index is 2.33. The largest absolute Gasteiger partial charge is 0.490 e. The number of benzene rings is 1. The highest BCUT2D eigenvalue weighted by atomic mass is 19.1. The monoisotopic (exact) mass is 213 g/mol. The number of fused-ring (bicyclic) bond motifs is 1. The second-order valence-corrected chi connectivity index (χ2v) is 3.25. The molecule has 0 spiro atoms. The SMILES string of the molecule is NOCc1cc2c(cc1F)OCCCO2. The Bertz CT molecular complexity index is 357. The molecule has 1 heterocycles. The molecule has 4 nitrogen and oxygen atoms in total. The predicted octanol–water partition coefficient (Wildman–Crippen LogP) is 1.38. The lowest BCUT2D eigenvalue weighted by molar-refractivity contribution is 0.121. The van der Waals surface area contributed by atoms with Crippen molar-refractivity contribution in [3.63, 3.8) is 0 Å². The fourth-order valence-corrected chi connectivity index (χ4v) is 1.43. The van der Waals surface area contributed by atoms with Gasteiger partial charge in [-0.3, -0.25) is 4.84 Å². The molecule has 1 aromatic carbocycles. The Kier molecular flexibility index (Phi) is 3.03. The van der Waals surface area contributed by atoms with Crippen molar-refractivity contribution in [2.75, 3.05) is 13.2 Å². The summed E-state index contributed by atoms with van der Waals surface area (Å²) < 4.78 is 24.2. The first-order chi connectivity index (χ1) is 7.31. The van der Waals surface area contributed by atoms with Gasteiger partial charge in [0.05, 0.1) is 19.8 Å². The zero-order valence-corrected chi connectivity index (χ0v) is 8.16. The summed E-state index contributed by atoms with van der Waals surface area (Å²) in [6, 6.07) is 2.86. The van der Waals surface area contributed by atoms with Crippen LogP contribution in [-0.4, -0.2) is 13.2 Å². The van der Waals surface area contributed by atoms with Crippen molar-refractivity contribution in [2.24, 2.45) is 5.90 Å². The van der Waals surface area contributed by atoms with Gasteiger partial charge in [0.15, 0.2) is 11.5 Å². The molecular formula is C10H12FNO3. The minimum Gasteiger partial charge on any atom is -0.490 e. The zero-order valence-electron chi connectivity index (χ0n) is 8.16. The molecule has 1 aliphatic rings. The van der Waals surface area contributed by atoms with Crippen molar-refractivity contribution < 1.29 is 18.7 Å². The molecule has 0 saturated carbocycles. The predicted molar refractivity (Wildman–Crippen MR) is 51.0 cm³/mol. The summed E-state index contributed by atoms with van der Waals surface area (Å²) in [6.45, 7) is 1.13. The number of hydrogen-bond donors (Lipinski definition) is 1. The van der Waals surface area contributed by atoms with Crippen molar-refractivity contribution >= 4 is 0 Å². The van der Waals surface area contributed by atoms with Gasteiger partial charge in [0, 0.05) is 18.1 Å². The highest BCUT2D eigenvalue weighted by molar-refractivity contribution is 5.44. The van der Waals surface area contributed by atoms with Crippen LogP contribution in [0.4, 0.5) is 4.39 Å². The van der Waals surface area contributed by atoms with Crippen LogP contribution in [0.1, 0.15) is 12.0 Å². The number of hydrogen-bond acceptors (Lipinski definition) is 4. The van der Waals surface area contributed by atoms with Gasteiger partial charge in [0.25, 0.3) is 0 Å². The number of ether oxygens (including phenoxy) is 2. The first kappa shape index (κ1) is 10.2. The first-order valence-corrected chi connectivity index (χ1v) is 4.71. The van der Waals surface area contributed by atoms with Gasteiger partial charge in [-0.15, -0.1) is 0 Å². The quantitative estimate of drug-likeness (QED) is 0.754. The molecule has 2 N–H and O–H groups in total. The van der Waals surface area contributed by atoms with Gasteiger partial charge < -0.3 is 9.47 Å². The molecule has 15 heavy (non-hydrogen) atoms. The molecule has 0 aromatic heterocycles. The molecule has 0 saturated heterocycles. The average molecular weight is 213 g/mol. The summed E-state index contributed by atoms with van der Waals surface area (Å²) in [5.74, 6) is 5.48. The highest BCUT2D eigenvalue weighted by Gasteiger charge is 2.14. The van der Waals surface area contributed by atoms with Gasteiger partial charge in [0.1, 0.15) is 5.82 Å². The van der Waals surface area contributed by atoms with E-state index in [1.807, 2.05) is 0 Å². The normalized spacial score (nSPS) is 14.8. The molecule has 5 heteroatoms. The van der Waals surface area contributed by atoms with Crippen molar-refractivity contribution in [2.45, 2.75) is 13.0 Å². The van der Waals surface area contributed by atoms with Crippen LogP contribution in [0.15, 0.2) is 12.1 Å². The third kappa shape index (κ3) is 2.19. The van der Waals surface area contributed by atoms with Crippen LogP contribution in [-0.2, 0) is 11.4 Å². The van der Waals surface area contributed by atoms with Gasteiger partial charge in [0.2, 0.25) is 0 Å². The lowest BCUT2D eigenvalue weighted by Gasteiger charge is -2.09. The first-order valence-electron chi connectivity index (χ1n) is 4.71. The summed E-state index contributed by atoms with van der Waals surface area (Å²) >= 11 is 0. The Morgan fingerprint density at radius 1 is 1.27 bits per heavy atom. The van der Waals surface area contributed by atoms with E-state index in [0.29, 0.717) is 30.3 Å². The van der Waals surface area contributed by atoms with Crippen LogP contribution >= 0.6 is 0 Å². The van der Waals surface area contributed by atoms with Crippen LogP contribution in [0.5, 0.6) is 11.5 Å².